The van der Waals surface area contributed by atoms with Gasteiger partial charge in [-0.15, -0.1) is 0 Å². The summed E-state index contributed by atoms with van der Waals surface area (Å²) in [6.45, 7) is 0. The van der Waals surface area contributed by atoms with Gasteiger partial charge in [0.25, 0.3) is 15.9 Å². The van der Waals surface area contributed by atoms with Crippen LogP contribution in [-0.2, 0) is 10.0 Å². The van der Waals surface area contributed by atoms with Gasteiger partial charge in [-0.3, -0.25) is 9.52 Å². The lowest BCUT2D eigenvalue weighted by molar-refractivity contribution is 0.102. The standard InChI is InChI=1S/C19H15FN2O3S/c20-15-9-11-18(12-10-15)26(24,25)22-17-8-4-5-14(13-17)19(23)21-16-6-2-1-3-7-16/h1-13,22H,(H,21,23). The molecule has 0 bridgehead atoms. The van der Waals surface area contributed by atoms with E-state index in [-0.39, 0.29) is 16.5 Å². The number of amides is 1. The third-order valence-electron chi connectivity index (χ3n) is 3.53. The lowest BCUT2D eigenvalue weighted by Gasteiger charge is -2.10. The Morgan fingerprint density at radius 2 is 1.46 bits per heavy atom. The minimum atomic E-state index is -3.88. The van der Waals surface area contributed by atoms with E-state index >= 15 is 0 Å². The summed E-state index contributed by atoms with van der Waals surface area (Å²) in [5.41, 5.74) is 1.16. The van der Waals surface area contributed by atoms with Crippen molar-refractivity contribution in [2.45, 2.75) is 4.90 Å². The summed E-state index contributed by atoms with van der Waals surface area (Å²) in [5, 5.41) is 2.73. The van der Waals surface area contributed by atoms with E-state index in [1.54, 1.807) is 36.4 Å². The van der Waals surface area contributed by atoms with Crippen molar-refractivity contribution in [3.8, 4) is 0 Å². The SMILES string of the molecule is O=C(Nc1ccccc1)c1cccc(NS(=O)(=O)c2ccc(F)cc2)c1. The third kappa shape index (κ3) is 4.25. The average Bonchev–Trinajstić information content (AvgIpc) is 2.63. The summed E-state index contributed by atoms with van der Waals surface area (Å²) in [4.78, 5) is 12.2. The zero-order valence-corrected chi connectivity index (χ0v) is 14.3. The highest BCUT2D eigenvalue weighted by Gasteiger charge is 2.15. The molecule has 132 valence electrons. The Kier molecular flexibility index (Phi) is 4.99. The van der Waals surface area contributed by atoms with Crippen molar-refractivity contribution in [3.63, 3.8) is 0 Å². The maximum atomic E-state index is 13.0. The van der Waals surface area contributed by atoms with Crippen LogP contribution in [0.5, 0.6) is 0 Å². The molecule has 0 saturated carbocycles. The van der Waals surface area contributed by atoms with Gasteiger partial charge in [-0.25, -0.2) is 12.8 Å². The quantitative estimate of drug-likeness (QED) is 0.716. The number of hydrogen-bond donors (Lipinski definition) is 2. The largest absolute Gasteiger partial charge is 0.322 e. The molecule has 0 heterocycles. The number of para-hydroxylation sites is 1. The van der Waals surface area contributed by atoms with E-state index in [0.717, 1.165) is 12.1 Å². The molecular weight excluding hydrogens is 355 g/mol. The van der Waals surface area contributed by atoms with E-state index in [1.165, 1.54) is 24.3 Å². The van der Waals surface area contributed by atoms with Crippen LogP contribution in [0.2, 0.25) is 0 Å². The van der Waals surface area contributed by atoms with E-state index in [9.17, 15) is 17.6 Å². The molecule has 1 amide bonds. The van der Waals surface area contributed by atoms with E-state index < -0.39 is 15.8 Å². The number of anilines is 2. The monoisotopic (exact) mass is 370 g/mol. The number of carbonyl (C=O) groups is 1. The molecule has 0 aliphatic rings. The Hall–Kier alpha value is -3.19. The number of benzene rings is 3. The molecule has 0 spiro atoms. The number of carbonyl (C=O) groups excluding carboxylic acids is 1. The summed E-state index contributed by atoms with van der Waals surface area (Å²) in [5.74, 6) is -0.887. The van der Waals surface area contributed by atoms with Crippen molar-refractivity contribution < 1.29 is 17.6 Å². The van der Waals surface area contributed by atoms with Crippen LogP contribution in [0.3, 0.4) is 0 Å². The van der Waals surface area contributed by atoms with Gasteiger partial charge >= 0.3 is 0 Å². The Bertz CT molecular complexity index is 1020. The Morgan fingerprint density at radius 3 is 2.15 bits per heavy atom. The van der Waals surface area contributed by atoms with Crippen LogP contribution in [0.4, 0.5) is 15.8 Å². The molecule has 5 nitrogen and oxygen atoms in total. The first-order chi connectivity index (χ1) is 12.4. The highest BCUT2D eigenvalue weighted by molar-refractivity contribution is 7.92. The van der Waals surface area contributed by atoms with Crippen LogP contribution < -0.4 is 10.0 Å². The average molecular weight is 370 g/mol. The predicted molar refractivity (Wildman–Crippen MR) is 98.0 cm³/mol. The van der Waals surface area contributed by atoms with Crippen LogP contribution in [-0.4, -0.2) is 14.3 Å². The fourth-order valence-corrected chi connectivity index (χ4v) is 3.33. The molecule has 3 aromatic carbocycles. The molecule has 0 atom stereocenters. The molecule has 0 unspecified atom stereocenters. The van der Waals surface area contributed by atoms with Crippen molar-refractivity contribution in [2.24, 2.45) is 0 Å². The maximum Gasteiger partial charge on any atom is 0.261 e. The number of halogens is 1. The molecule has 0 fully saturated rings. The normalized spacial score (nSPS) is 11.0. The van der Waals surface area contributed by atoms with Crippen LogP contribution in [0, 0.1) is 5.82 Å². The van der Waals surface area contributed by atoms with Gasteiger partial charge in [0.1, 0.15) is 5.82 Å². The summed E-state index contributed by atoms with van der Waals surface area (Å²) in [6, 6.07) is 19.5. The number of hydrogen-bond acceptors (Lipinski definition) is 3. The molecule has 7 heteroatoms. The fraction of sp³-hybridized carbons (Fsp3) is 0. The Balaban J connectivity index is 1.78. The van der Waals surface area contributed by atoms with Gasteiger partial charge in [-0.05, 0) is 54.6 Å². The van der Waals surface area contributed by atoms with Gasteiger partial charge in [-0.2, -0.15) is 0 Å². The van der Waals surface area contributed by atoms with E-state index in [0.29, 0.717) is 11.3 Å². The van der Waals surface area contributed by atoms with Crippen LogP contribution >= 0.6 is 0 Å². The topological polar surface area (TPSA) is 75.3 Å². The smallest absolute Gasteiger partial charge is 0.261 e. The Morgan fingerprint density at radius 1 is 0.808 bits per heavy atom. The van der Waals surface area contributed by atoms with Crippen molar-refractivity contribution in [1.82, 2.24) is 0 Å². The van der Waals surface area contributed by atoms with Crippen LogP contribution in [0.1, 0.15) is 10.4 Å². The second kappa shape index (κ2) is 7.37. The highest BCUT2D eigenvalue weighted by atomic mass is 32.2. The van der Waals surface area contributed by atoms with Gasteiger partial charge in [0, 0.05) is 16.9 Å². The molecule has 0 aliphatic heterocycles. The minimum Gasteiger partial charge on any atom is -0.322 e. The predicted octanol–water partition coefficient (Wildman–Crippen LogP) is 3.88. The van der Waals surface area contributed by atoms with Gasteiger partial charge in [-0.1, -0.05) is 24.3 Å². The molecule has 3 rings (SSSR count). The summed E-state index contributed by atoms with van der Waals surface area (Å²) < 4.78 is 40.0. The lowest BCUT2D eigenvalue weighted by atomic mass is 10.2. The van der Waals surface area contributed by atoms with E-state index in [1.807, 2.05) is 6.07 Å². The van der Waals surface area contributed by atoms with E-state index in [2.05, 4.69) is 10.0 Å². The van der Waals surface area contributed by atoms with Gasteiger partial charge < -0.3 is 5.32 Å². The molecule has 0 aliphatic carbocycles. The van der Waals surface area contributed by atoms with Crippen molar-refractivity contribution in [3.05, 3.63) is 90.2 Å². The second-order valence-electron chi connectivity index (χ2n) is 5.46. The van der Waals surface area contributed by atoms with Gasteiger partial charge in [0.05, 0.1) is 4.90 Å². The highest BCUT2D eigenvalue weighted by Crippen LogP contribution is 2.18. The Labute approximate surface area is 150 Å². The van der Waals surface area contributed by atoms with Crippen LogP contribution in [0.25, 0.3) is 0 Å². The third-order valence-corrected chi connectivity index (χ3v) is 4.93. The molecule has 0 radical (unpaired) electrons. The maximum absolute atomic E-state index is 13.0. The fourth-order valence-electron chi connectivity index (χ4n) is 2.28. The number of nitrogens with one attached hydrogen (secondary N) is 2. The molecular formula is C19H15FN2O3S. The first kappa shape index (κ1) is 17.6. The van der Waals surface area contributed by atoms with Gasteiger partial charge in [0.15, 0.2) is 0 Å². The van der Waals surface area contributed by atoms with Crippen molar-refractivity contribution in [1.29, 1.82) is 0 Å². The van der Waals surface area contributed by atoms with Crippen molar-refractivity contribution in [2.75, 3.05) is 10.0 Å². The van der Waals surface area contributed by atoms with Gasteiger partial charge in [0.2, 0.25) is 0 Å². The molecule has 2 N–H and O–H groups in total. The molecule has 3 aromatic rings. The number of sulfonamides is 1. The lowest BCUT2D eigenvalue weighted by Crippen LogP contribution is -2.15. The summed E-state index contributed by atoms with van der Waals surface area (Å²) in [7, 11) is -3.88. The van der Waals surface area contributed by atoms with Crippen molar-refractivity contribution >= 4 is 27.3 Å². The second-order valence-corrected chi connectivity index (χ2v) is 7.14. The first-order valence-corrected chi connectivity index (χ1v) is 9.17. The first-order valence-electron chi connectivity index (χ1n) is 7.69. The minimum absolute atomic E-state index is 0.0713. The molecule has 0 saturated heterocycles. The van der Waals surface area contributed by atoms with E-state index in [4.69, 9.17) is 0 Å². The molecule has 26 heavy (non-hydrogen) atoms. The summed E-state index contributed by atoms with van der Waals surface area (Å²) >= 11 is 0. The zero-order chi connectivity index (χ0) is 18.6. The van der Waals surface area contributed by atoms with Crippen LogP contribution in [0.15, 0.2) is 83.8 Å². The zero-order valence-electron chi connectivity index (χ0n) is 13.5. The molecule has 0 aromatic heterocycles. The summed E-state index contributed by atoms with van der Waals surface area (Å²) in [6.07, 6.45) is 0. The number of rotatable bonds is 5.